The average molecular weight is 279 g/mol. The van der Waals surface area contributed by atoms with Crippen LogP contribution in [0, 0.1) is 0 Å². The Labute approximate surface area is 120 Å². The molecule has 1 saturated heterocycles. The van der Waals surface area contributed by atoms with E-state index < -0.39 is 24.4 Å². The molecule has 0 bridgehead atoms. The highest BCUT2D eigenvalue weighted by atomic mass is 16.7. The summed E-state index contributed by atoms with van der Waals surface area (Å²) in [4.78, 5) is 8.24. The summed E-state index contributed by atoms with van der Waals surface area (Å²) in [5.74, 6) is 0.624. The minimum absolute atomic E-state index is 0.406. The molecule has 2 heterocycles. The first-order valence-corrected chi connectivity index (χ1v) is 6.80. The van der Waals surface area contributed by atoms with Crippen LogP contribution in [0.5, 0.6) is 0 Å². The first-order valence-electron chi connectivity index (χ1n) is 6.80. The van der Waals surface area contributed by atoms with E-state index in [0.29, 0.717) is 12.4 Å². The van der Waals surface area contributed by atoms with Gasteiger partial charge in [0.05, 0.1) is 17.3 Å². The zero-order chi connectivity index (χ0) is 15.0. The van der Waals surface area contributed by atoms with Gasteiger partial charge in [-0.05, 0) is 34.6 Å². The molecular formula is C13H22BN3O3. The molecule has 20 heavy (non-hydrogen) atoms. The fourth-order valence-corrected chi connectivity index (χ4v) is 1.87. The van der Waals surface area contributed by atoms with Crippen LogP contribution in [-0.4, -0.2) is 46.0 Å². The third-order valence-corrected chi connectivity index (χ3v) is 3.81. The Kier molecular flexibility index (Phi) is 4.04. The van der Waals surface area contributed by atoms with Crippen molar-refractivity contribution < 1.29 is 14.4 Å². The molecule has 0 spiro atoms. The monoisotopic (exact) mass is 279 g/mol. The Hall–Kier alpha value is -1.18. The second-order valence-electron chi connectivity index (χ2n) is 6.14. The van der Waals surface area contributed by atoms with Gasteiger partial charge in [0.25, 0.3) is 0 Å². The van der Waals surface area contributed by atoms with Gasteiger partial charge in [0.1, 0.15) is 12.1 Å². The van der Waals surface area contributed by atoms with Gasteiger partial charge < -0.3 is 19.7 Å². The highest BCUT2D eigenvalue weighted by Gasteiger charge is 2.52. The van der Waals surface area contributed by atoms with Gasteiger partial charge in [-0.3, -0.25) is 0 Å². The van der Waals surface area contributed by atoms with E-state index in [9.17, 15) is 5.11 Å². The van der Waals surface area contributed by atoms with E-state index in [1.54, 1.807) is 13.1 Å². The minimum atomic E-state index is -0.516. The van der Waals surface area contributed by atoms with Crippen LogP contribution in [0.4, 0.5) is 5.82 Å². The molecule has 110 valence electrons. The number of aliphatic hydroxyl groups excluding tert-OH is 1. The van der Waals surface area contributed by atoms with E-state index in [4.69, 9.17) is 9.31 Å². The molecule has 0 amide bonds. The molecule has 0 aromatic carbocycles. The van der Waals surface area contributed by atoms with Gasteiger partial charge in [0.2, 0.25) is 0 Å². The van der Waals surface area contributed by atoms with Crippen LogP contribution >= 0.6 is 0 Å². The van der Waals surface area contributed by atoms with E-state index in [1.807, 2.05) is 27.7 Å². The highest BCUT2D eigenvalue weighted by molar-refractivity contribution is 6.63. The number of rotatable bonds is 4. The summed E-state index contributed by atoms with van der Waals surface area (Å²) in [6.07, 6.45) is 2.68. The zero-order valence-corrected chi connectivity index (χ0v) is 12.7. The summed E-state index contributed by atoms with van der Waals surface area (Å²) in [5.41, 5.74) is -0.0730. The van der Waals surface area contributed by atoms with E-state index in [2.05, 4.69) is 15.3 Å². The first-order chi connectivity index (χ1) is 9.23. The van der Waals surface area contributed by atoms with Gasteiger partial charge in [-0.2, -0.15) is 0 Å². The lowest BCUT2D eigenvalue weighted by atomic mass is 9.80. The molecule has 1 fully saturated rings. The molecule has 0 unspecified atom stereocenters. The number of anilines is 1. The minimum Gasteiger partial charge on any atom is -0.399 e. The Morgan fingerprint density at radius 2 is 1.90 bits per heavy atom. The zero-order valence-electron chi connectivity index (χ0n) is 12.7. The molecule has 2 rings (SSSR count). The lowest BCUT2D eigenvalue weighted by molar-refractivity contribution is 0.00578. The summed E-state index contributed by atoms with van der Waals surface area (Å²) >= 11 is 0. The third-order valence-electron chi connectivity index (χ3n) is 3.81. The van der Waals surface area contributed by atoms with E-state index in [1.165, 1.54) is 6.33 Å². The predicted molar refractivity (Wildman–Crippen MR) is 77.9 cm³/mol. The van der Waals surface area contributed by atoms with E-state index >= 15 is 0 Å². The van der Waals surface area contributed by atoms with Crippen molar-refractivity contribution in [1.29, 1.82) is 0 Å². The van der Waals surface area contributed by atoms with Crippen LogP contribution in [0.3, 0.4) is 0 Å². The van der Waals surface area contributed by atoms with Crippen molar-refractivity contribution in [3.8, 4) is 0 Å². The summed E-state index contributed by atoms with van der Waals surface area (Å²) in [6, 6.07) is 0. The van der Waals surface area contributed by atoms with Crippen LogP contribution < -0.4 is 10.8 Å². The Bertz CT molecular complexity index is 464. The molecule has 1 aromatic rings. The van der Waals surface area contributed by atoms with Crippen molar-refractivity contribution in [2.45, 2.75) is 51.9 Å². The van der Waals surface area contributed by atoms with Gasteiger partial charge in [0.15, 0.2) is 0 Å². The largest absolute Gasteiger partial charge is 0.500 e. The van der Waals surface area contributed by atoms with Crippen LogP contribution in [0.25, 0.3) is 0 Å². The van der Waals surface area contributed by atoms with Crippen molar-refractivity contribution in [2.24, 2.45) is 0 Å². The molecule has 1 atom stereocenters. The van der Waals surface area contributed by atoms with Gasteiger partial charge in [-0.15, -0.1) is 0 Å². The number of aromatic nitrogens is 2. The maximum Gasteiger partial charge on any atom is 0.500 e. The van der Waals surface area contributed by atoms with E-state index in [-0.39, 0.29) is 0 Å². The Morgan fingerprint density at radius 3 is 2.45 bits per heavy atom. The number of hydrogen-bond donors (Lipinski definition) is 2. The van der Waals surface area contributed by atoms with Gasteiger partial charge in [0, 0.05) is 18.2 Å². The average Bonchev–Trinajstić information content (AvgIpc) is 2.56. The second kappa shape index (κ2) is 5.31. The van der Waals surface area contributed by atoms with Crippen molar-refractivity contribution >= 4 is 18.4 Å². The van der Waals surface area contributed by atoms with Gasteiger partial charge in [-0.1, -0.05) is 0 Å². The summed E-state index contributed by atoms with van der Waals surface area (Å²) < 4.78 is 12.0. The van der Waals surface area contributed by atoms with Gasteiger partial charge in [-0.25, -0.2) is 9.97 Å². The van der Waals surface area contributed by atoms with Crippen LogP contribution in [0.2, 0.25) is 0 Å². The van der Waals surface area contributed by atoms with Crippen molar-refractivity contribution in [3.05, 3.63) is 12.5 Å². The smallest absolute Gasteiger partial charge is 0.399 e. The number of aliphatic hydroxyl groups is 1. The van der Waals surface area contributed by atoms with Gasteiger partial charge >= 0.3 is 7.12 Å². The molecule has 6 nitrogen and oxygen atoms in total. The number of nitrogens with zero attached hydrogens (tertiary/aromatic N) is 2. The lowest BCUT2D eigenvalue weighted by Crippen LogP contribution is -2.41. The van der Waals surface area contributed by atoms with E-state index in [0.717, 1.165) is 5.46 Å². The maximum absolute atomic E-state index is 9.37. The predicted octanol–water partition coefficient (Wildman–Crippen LogP) is 0.568. The summed E-state index contributed by atoms with van der Waals surface area (Å²) in [6.45, 7) is 10.1. The van der Waals surface area contributed by atoms with Crippen molar-refractivity contribution in [1.82, 2.24) is 9.97 Å². The third kappa shape index (κ3) is 2.94. The summed E-state index contributed by atoms with van der Waals surface area (Å²) in [5, 5.41) is 12.5. The van der Waals surface area contributed by atoms with Crippen LogP contribution in [0.1, 0.15) is 34.6 Å². The molecule has 1 aliphatic heterocycles. The molecule has 1 aliphatic rings. The molecule has 7 heteroatoms. The second-order valence-corrected chi connectivity index (χ2v) is 6.14. The van der Waals surface area contributed by atoms with Crippen molar-refractivity contribution in [2.75, 3.05) is 11.9 Å². The Balaban J connectivity index is 2.22. The quantitative estimate of drug-likeness (QED) is 0.785. The first kappa shape index (κ1) is 15.2. The molecule has 0 aliphatic carbocycles. The number of hydrogen-bond acceptors (Lipinski definition) is 6. The topological polar surface area (TPSA) is 76.5 Å². The van der Waals surface area contributed by atoms with Crippen LogP contribution in [-0.2, 0) is 9.31 Å². The molecule has 0 radical (unpaired) electrons. The Morgan fingerprint density at radius 1 is 1.30 bits per heavy atom. The molecular weight excluding hydrogens is 257 g/mol. The van der Waals surface area contributed by atoms with Crippen LogP contribution in [0.15, 0.2) is 12.5 Å². The molecule has 0 saturated carbocycles. The maximum atomic E-state index is 9.37. The number of nitrogens with one attached hydrogen (secondary N) is 1. The molecule has 1 aromatic heterocycles. The standard InChI is InChI=1S/C13H22BN3O3/c1-9(18)6-16-11-10(7-15-8-17-11)14-19-12(2,3)13(4,5)20-14/h7-9,18H,6H2,1-5H3,(H,15,16,17)/t9-/m1/s1. The van der Waals surface area contributed by atoms with Crippen molar-refractivity contribution in [3.63, 3.8) is 0 Å². The normalized spacial score (nSPS) is 21.8. The lowest BCUT2D eigenvalue weighted by Gasteiger charge is -2.32. The highest BCUT2D eigenvalue weighted by Crippen LogP contribution is 2.36. The SMILES string of the molecule is C[C@@H](O)CNc1ncncc1B1OC(C)(C)C(C)(C)O1. The fraction of sp³-hybridized carbons (Fsp3) is 0.692. The molecule has 2 N–H and O–H groups in total. The summed E-state index contributed by atoms with van der Waals surface area (Å²) in [7, 11) is -0.516. The fourth-order valence-electron chi connectivity index (χ4n) is 1.87.